The average Bonchev–Trinajstić information content (AvgIpc) is 1.99. The van der Waals surface area contributed by atoms with E-state index in [1.807, 2.05) is 0 Å². The Kier molecular flexibility index (Phi) is 3.90. The molecule has 0 fully saturated rings. The maximum atomic E-state index is 10.3. The van der Waals surface area contributed by atoms with Gasteiger partial charge in [-0.05, 0) is 0 Å². The zero-order valence-electron chi connectivity index (χ0n) is 5.37. The van der Waals surface area contributed by atoms with Gasteiger partial charge in [0.15, 0.2) is 0 Å². The minimum atomic E-state index is -0.801. The van der Waals surface area contributed by atoms with Crippen molar-refractivity contribution >= 4 is 11.9 Å². The quantitative estimate of drug-likeness (QED) is 0.310. The minimum Gasteiger partial charge on any atom is -0.466 e. The number of ether oxygens (including phenoxy) is 1. The normalized spacial score (nSPS) is 9.40. The smallest absolute Gasteiger partial charge is 0.349 e. The summed E-state index contributed by atoms with van der Waals surface area (Å²) in [7, 11) is 1.19. The maximum Gasteiger partial charge on any atom is 0.349 e. The third-order valence-electron chi connectivity index (χ3n) is 0.673. The molecule has 0 spiro atoms. The molecule has 0 aliphatic carbocycles. The second-order valence-corrected chi connectivity index (χ2v) is 1.29. The van der Waals surface area contributed by atoms with Gasteiger partial charge in [0.2, 0.25) is 0 Å². The molecule has 0 heterocycles. The average molecular weight is 145 g/mol. The SMILES string of the molecule is COC(=O)C=CC(=O)ON. The molecular weight excluding hydrogens is 138 g/mol. The van der Waals surface area contributed by atoms with Crippen molar-refractivity contribution in [2.75, 3.05) is 7.11 Å². The van der Waals surface area contributed by atoms with Crippen LogP contribution in [-0.2, 0) is 19.2 Å². The molecule has 0 unspecified atom stereocenters. The molecule has 0 saturated carbocycles. The monoisotopic (exact) mass is 145 g/mol. The zero-order valence-corrected chi connectivity index (χ0v) is 5.37. The van der Waals surface area contributed by atoms with Crippen molar-refractivity contribution in [1.82, 2.24) is 0 Å². The number of carbonyl (C=O) groups is 2. The Balaban J connectivity index is 3.75. The standard InChI is InChI=1S/C5H7NO4/c1-9-4(7)2-3-5(8)10-6/h2-3H,6H2,1H3. The first-order chi connectivity index (χ1) is 4.70. The fourth-order valence-electron chi connectivity index (χ4n) is 0.243. The van der Waals surface area contributed by atoms with E-state index in [0.717, 1.165) is 12.2 Å². The van der Waals surface area contributed by atoms with Gasteiger partial charge < -0.3 is 9.57 Å². The minimum absolute atomic E-state index is 0.634. The highest BCUT2D eigenvalue weighted by molar-refractivity contribution is 5.91. The van der Waals surface area contributed by atoms with Gasteiger partial charge in [-0.25, -0.2) is 9.59 Å². The van der Waals surface area contributed by atoms with Gasteiger partial charge in [0, 0.05) is 12.2 Å². The molecule has 0 amide bonds. The molecule has 0 aromatic carbocycles. The summed E-state index contributed by atoms with van der Waals surface area (Å²) in [6.45, 7) is 0. The maximum absolute atomic E-state index is 10.3. The molecule has 5 nitrogen and oxygen atoms in total. The van der Waals surface area contributed by atoms with Crippen molar-refractivity contribution in [1.29, 1.82) is 0 Å². The first-order valence-corrected chi connectivity index (χ1v) is 2.37. The van der Waals surface area contributed by atoms with Crippen LogP contribution in [0.3, 0.4) is 0 Å². The van der Waals surface area contributed by atoms with Gasteiger partial charge in [0.1, 0.15) is 0 Å². The summed E-state index contributed by atoms with van der Waals surface area (Å²) in [5, 5.41) is 0. The molecule has 0 atom stereocenters. The Morgan fingerprint density at radius 3 is 2.20 bits per heavy atom. The van der Waals surface area contributed by atoms with Gasteiger partial charge in [-0.15, -0.1) is 0 Å². The van der Waals surface area contributed by atoms with Crippen LogP contribution >= 0.6 is 0 Å². The number of nitrogens with two attached hydrogens (primary N) is 1. The van der Waals surface area contributed by atoms with Gasteiger partial charge in [0.25, 0.3) is 0 Å². The molecule has 56 valence electrons. The molecule has 0 bridgehead atoms. The first-order valence-electron chi connectivity index (χ1n) is 2.37. The predicted molar refractivity (Wildman–Crippen MR) is 31.4 cm³/mol. The van der Waals surface area contributed by atoms with Gasteiger partial charge in [0.05, 0.1) is 7.11 Å². The summed E-state index contributed by atoms with van der Waals surface area (Å²) >= 11 is 0. The molecule has 10 heavy (non-hydrogen) atoms. The summed E-state index contributed by atoms with van der Waals surface area (Å²) in [4.78, 5) is 24.2. The molecule has 0 aromatic rings. The Morgan fingerprint density at radius 2 is 1.80 bits per heavy atom. The van der Waals surface area contributed by atoms with E-state index in [4.69, 9.17) is 0 Å². The zero-order chi connectivity index (χ0) is 7.98. The van der Waals surface area contributed by atoms with Crippen LogP contribution in [0.4, 0.5) is 0 Å². The molecule has 0 aliphatic rings. The molecular formula is C5H7NO4. The van der Waals surface area contributed by atoms with Crippen molar-refractivity contribution in [3.05, 3.63) is 12.2 Å². The van der Waals surface area contributed by atoms with E-state index in [2.05, 4.69) is 15.5 Å². The van der Waals surface area contributed by atoms with Crippen molar-refractivity contribution in [2.45, 2.75) is 0 Å². The fraction of sp³-hybridized carbons (Fsp3) is 0.200. The number of rotatable bonds is 2. The highest BCUT2D eigenvalue weighted by Gasteiger charge is 1.95. The topological polar surface area (TPSA) is 78.6 Å². The van der Waals surface area contributed by atoms with Crippen LogP contribution < -0.4 is 5.90 Å². The molecule has 0 aliphatic heterocycles. The lowest BCUT2D eigenvalue weighted by Crippen LogP contribution is -2.07. The molecule has 0 aromatic heterocycles. The summed E-state index contributed by atoms with van der Waals surface area (Å²) in [5.74, 6) is 3.01. The van der Waals surface area contributed by atoms with E-state index in [-0.39, 0.29) is 0 Å². The van der Waals surface area contributed by atoms with Crippen molar-refractivity contribution in [3.8, 4) is 0 Å². The van der Waals surface area contributed by atoms with Crippen LogP contribution in [0.25, 0.3) is 0 Å². The van der Waals surface area contributed by atoms with Crippen LogP contribution in [-0.4, -0.2) is 19.0 Å². The van der Waals surface area contributed by atoms with E-state index < -0.39 is 11.9 Å². The van der Waals surface area contributed by atoms with Gasteiger partial charge in [-0.3, -0.25) is 0 Å². The summed E-state index contributed by atoms with van der Waals surface area (Å²) in [5.41, 5.74) is 0. The van der Waals surface area contributed by atoms with Crippen LogP contribution in [0.2, 0.25) is 0 Å². The number of esters is 1. The number of hydrogen-bond acceptors (Lipinski definition) is 5. The Morgan fingerprint density at radius 1 is 1.30 bits per heavy atom. The Hall–Kier alpha value is -1.36. The second-order valence-electron chi connectivity index (χ2n) is 1.29. The van der Waals surface area contributed by atoms with Crippen molar-refractivity contribution in [3.63, 3.8) is 0 Å². The summed E-state index contributed by atoms with van der Waals surface area (Å²) < 4.78 is 4.17. The molecule has 0 saturated heterocycles. The van der Waals surface area contributed by atoms with Crippen LogP contribution in [0.1, 0.15) is 0 Å². The van der Waals surface area contributed by atoms with Gasteiger partial charge >= 0.3 is 11.9 Å². The first kappa shape index (κ1) is 8.64. The lowest BCUT2D eigenvalue weighted by Gasteiger charge is -1.88. The van der Waals surface area contributed by atoms with E-state index in [0.29, 0.717) is 0 Å². The third kappa shape index (κ3) is 3.62. The summed E-state index contributed by atoms with van der Waals surface area (Å²) in [6.07, 6.45) is 1.78. The lowest BCUT2D eigenvalue weighted by atomic mass is 10.5. The van der Waals surface area contributed by atoms with E-state index in [9.17, 15) is 9.59 Å². The Bertz CT molecular complexity index is 145. The summed E-state index contributed by atoms with van der Waals surface area (Å²) in [6, 6.07) is 0. The molecule has 2 N–H and O–H groups in total. The van der Waals surface area contributed by atoms with Crippen LogP contribution in [0.5, 0.6) is 0 Å². The van der Waals surface area contributed by atoms with Crippen molar-refractivity contribution in [2.24, 2.45) is 5.90 Å². The second kappa shape index (κ2) is 4.51. The fourth-order valence-corrected chi connectivity index (χ4v) is 0.243. The van der Waals surface area contributed by atoms with Gasteiger partial charge in [-0.1, -0.05) is 0 Å². The van der Waals surface area contributed by atoms with E-state index in [1.54, 1.807) is 0 Å². The highest BCUT2D eigenvalue weighted by atomic mass is 16.7. The van der Waals surface area contributed by atoms with Crippen LogP contribution in [0.15, 0.2) is 12.2 Å². The molecule has 0 radical (unpaired) electrons. The number of hydrogen-bond donors (Lipinski definition) is 1. The van der Waals surface area contributed by atoms with E-state index >= 15 is 0 Å². The number of carbonyl (C=O) groups excluding carboxylic acids is 2. The van der Waals surface area contributed by atoms with Gasteiger partial charge in [-0.2, -0.15) is 5.90 Å². The Labute approximate surface area is 57.4 Å². The predicted octanol–water partition coefficient (Wildman–Crippen LogP) is -0.868. The van der Waals surface area contributed by atoms with Crippen LogP contribution in [0, 0.1) is 0 Å². The largest absolute Gasteiger partial charge is 0.466 e. The molecule has 5 heteroatoms. The third-order valence-corrected chi connectivity index (χ3v) is 0.673. The lowest BCUT2D eigenvalue weighted by molar-refractivity contribution is -0.139. The number of methoxy groups -OCH3 is 1. The van der Waals surface area contributed by atoms with Crippen molar-refractivity contribution < 1.29 is 19.2 Å². The van der Waals surface area contributed by atoms with E-state index in [1.165, 1.54) is 7.11 Å². The molecule has 0 rings (SSSR count). The highest BCUT2D eigenvalue weighted by Crippen LogP contribution is 1.78.